The summed E-state index contributed by atoms with van der Waals surface area (Å²) in [6, 6.07) is 68.4. The molecule has 0 fully saturated rings. The van der Waals surface area contributed by atoms with Crippen LogP contribution in [0.4, 0.5) is 17.1 Å². The lowest BCUT2D eigenvalue weighted by Crippen LogP contribution is -2.15. The number of fused-ring (bicyclic) bond motifs is 6. The first kappa shape index (κ1) is 31.1. The Morgan fingerprint density at radius 2 is 0.925 bits per heavy atom. The summed E-state index contributed by atoms with van der Waals surface area (Å²) in [5.74, 6) is 0. The molecule has 1 aromatic heterocycles. The van der Waals surface area contributed by atoms with Crippen molar-refractivity contribution in [2.24, 2.45) is 0 Å². The summed E-state index contributed by atoms with van der Waals surface area (Å²) < 4.78 is 0. The third-order valence-electron chi connectivity index (χ3n) is 11.2. The van der Waals surface area contributed by atoms with E-state index in [1.807, 2.05) is 0 Å². The largest absolute Gasteiger partial charge is 0.354 e. The molecule has 252 valence electrons. The summed E-state index contributed by atoms with van der Waals surface area (Å²) in [7, 11) is 0. The monoisotopic (exact) mass is 678 g/mol. The second-order valence-electron chi connectivity index (χ2n) is 14.6. The first-order valence-electron chi connectivity index (χ1n) is 18.4. The summed E-state index contributed by atoms with van der Waals surface area (Å²) in [6.45, 7) is 4.74. The molecule has 0 bridgehead atoms. The lowest BCUT2D eigenvalue weighted by Gasteiger charge is -2.27. The van der Waals surface area contributed by atoms with Crippen LogP contribution in [-0.2, 0) is 5.41 Å². The normalized spacial score (nSPS) is 12.9. The Hall–Kier alpha value is -6.64. The van der Waals surface area contributed by atoms with Gasteiger partial charge < -0.3 is 9.88 Å². The molecule has 0 unspecified atom stereocenters. The maximum atomic E-state index is 3.78. The average Bonchev–Trinajstić information content (AvgIpc) is 3.71. The number of para-hydroxylation sites is 2. The van der Waals surface area contributed by atoms with Gasteiger partial charge in [-0.3, -0.25) is 0 Å². The van der Waals surface area contributed by atoms with Gasteiger partial charge in [0, 0.05) is 44.3 Å². The van der Waals surface area contributed by atoms with E-state index in [1.54, 1.807) is 0 Å². The number of hydrogen-bond donors (Lipinski definition) is 1. The number of H-pyrrole nitrogens is 1. The number of rotatable bonds is 6. The van der Waals surface area contributed by atoms with Crippen molar-refractivity contribution in [1.29, 1.82) is 0 Å². The Labute approximate surface area is 310 Å². The summed E-state index contributed by atoms with van der Waals surface area (Å²) in [6.07, 6.45) is 0. The van der Waals surface area contributed by atoms with Crippen molar-refractivity contribution in [2.75, 3.05) is 4.90 Å². The molecule has 1 N–H and O–H groups in total. The zero-order chi connectivity index (χ0) is 35.5. The lowest BCUT2D eigenvalue weighted by molar-refractivity contribution is 0.660. The predicted molar refractivity (Wildman–Crippen MR) is 224 cm³/mol. The fourth-order valence-electron chi connectivity index (χ4n) is 8.57. The smallest absolute Gasteiger partial charge is 0.0544 e. The highest BCUT2D eigenvalue weighted by Crippen LogP contribution is 2.54. The maximum Gasteiger partial charge on any atom is 0.0544 e. The van der Waals surface area contributed by atoms with Crippen molar-refractivity contribution in [3.63, 3.8) is 0 Å². The molecule has 1 aliphatic carbocycles. The summed E-state index contributed by atoms with van der Waals surface area (Å²) in [5, 5.41) is 2.51. The number of nitrogens with zero attached hydrogens (tertiary/aromatic N) is 1. The van der Waals surface area contributed by atoms with Crippen molar-refractivity contribution in [2.45, 2.75) is 19.3 Å². The summed E-state index contributed by atoms with van der Waals surface area (Å²) in [5.41, 5.74) is 18.2. The van der Waals surface area contributed by atoms with Crippen LogP contribution in [0.3, 0.4) is 0 Å². The van der Waals surface area contributed by atoms with Gasteiger partial charge in [-0.15, -0.1) is 0 Å². The van der Waals surface area contributed by atoms with Gasteiger partial charge >= 0.3 is 0 Å². The van der Waals surface area contributed by atoms with Gasteiger partial charge in [-0.2, -0.15) is 0 Å². The molecule has 0 saturated heterocycles. The predicted octanol–water partition coefficient (Wildman–Crippen LogP) is 14.1. The van der Waals surface area contributed by atoms with Gasteiger partial charge in [-0.05, 0) is 92.5 Å². The second kappa shape index (κ2) is 12.3. The Balaban J connectivity index is 1.15. The molecule has 0 amide bonds. The van der Waals surface area contributed by atoms with E-state index < -0.39 is 0 Å². The van der Waals surface area contributed by atoms with E-state index in [-0.39, 0.29) is 5.41 Å². The minimum atomic E-state index is -0.146. The molecular formula is C51H38N2. The van der Waals surface area contributed by atoms with Crippen LogP contribution in [-0.4, -0.2) is 4.98 Å². The van der Waals surface area contributed by atoms with Gasteiger partial charge in [-0.25, -0.2) is 0 Å². The molecule has 0 aliphatic heterocycles. The molecule has 8 aromatic carbocycles. The molecule has 0 saturated carbocycles. The van der Waals surface area contributed by atoms with E-state index in [9.17, 15) is 0 Å². The number of benzene rings is 8. The highest BCUT2D eigenvalue weighted by atomic mass is 15.1. The van der Waals surface area contributed by atoms with Crippen molar-refractivity contribution < 1.29 is 0 Å². The lowest BCUT2D eigenvalue weighted by atomic mass is 9.82. The van der Waals surface area contributed by atoms with Crippen molar-refractivity contribution in [3.05, 3.63) is 199 Å². The van der Waals surface area contributed by atoms with Gasteiger partial charge in [-0.1, -0.05) is 159 Å². The minimum absolute atomic E-state index is 0.146. The van der Waals surface area contributed by atoms with Crippen LogP contribution in [0.5, 0.6) is 0 Å². The number of aromatic nitrogens is 1. The van der Waals surface area contributed by atoms with Crippen molar-refractivity contribution >= 4 is 38.9 Å². The first-order chi connectivity index (χ1) is 26.0. The first-order valence-corrected chi connectivity index (χ1v) is 18.4. The quantitative estimate of drug-likeness (QED) is 0.185. The van der Waals surface area contributed by atoms with Gasteiger partial charge in [0.15, 0.2) is 0 Å². The van der Waals surface area contributed by atoms with Crippen LogP contribution in [0.2, 0.25) is 0 Å². The van der Waals surface area contributed by atoms with Crippen LogP contribution in [0.1, 0.15) is 25.0 Å². The SMILES string of the molecule is CC1(C)c2ccc(N(c3ccc(-c4ccccc4)cc3)c3ccc(-c4ccccc4)cc3)cc2-c2c(-c3cccc4c3[nH]c3ccccc34)cccc21. The number of anilines is 3. The van der Waals surface area contributed by atoms with E-state index in [4.69, 9.17) is 0 Å². The Bertz CT molecular complexity index is 2690. The van der Waals surface area contributed by atoms with Crippen LogP contribution in [0, 0.1) is 0 Å². The number of hydrogen-bond acceptors (Lipinski definition) is 1. The molecule has 53 heavy (non-hydrogen) atoms. The third kappa shape index (κ3) is 5.10. The highest BCUT2D eigenvalue weighted by molar-refractivity contribution is 6.13. The number of nitrogens with one attached hydrogen (secondary N) is 1. The van der Waals surface area contributed by atoms with E-state index >= 15 is 0 Å². The van der Waals surface area contributed by atoms with Crippen LogP contribution in [0.25, 0.3) is 66.3 Å². The van der Waals surface area contributed by atoms with Gasteiger partial charge in [0.2, 0.25) is 0 Å². The zero-order valence-electron chi connectivity index (χ0n) is 29.8. The molecular weight excluding hydrogens is 641 g/mol. The van der Waals surface area contributed by atoms with Crippen LogP contribution < -0.4 is 4.90 Å². The zero-order valence-corrected chi connectivity index (χ0v) is 29.8. The molecule has 1 aliphatic rings. The third-order valence-corrected chi connectivity index (χ3v) is 11.2. The Morgan fingerprint density at radius 1 is 0.396 bits per heavy atom. The molecule has 9 aromatic rings. The topological polar surface area (TPSA) is 19.0 Å². The van der Waals surface area contributed by atoms with Gasteiger partial charge in [0.25, 0.3) is 0 Å². The molecule has 10 rings (SSSR count). The second-order valence-corrected chi connectivity index (χ2v) is 14.6. The molecule has 1 heterocycles. The minimum Gasteiger partial charge on any atom is -0.354 e. The molecule has 2 heteroatoms. The van der Waals surface area contributed by atoms with E-state index in [1.165, 1.54) is 71.9 Å². The van der Waals surface area contributed by atoms with E-state index in [0.717, 1.165) is 22.6 Å². The van der Waals surface area contributed by atoms with Crippen LogP contribution in [0.15, 0.2) is 188 Å². The Kier molecular flexibility index (Phi) is 7.19. The standard InChI is InChI=1S/C51H38N2/c1-51(2)46-32-31-40(33-45(46)49-42(18-12-21-47(49)51)44-20-11-19-43-41-17-9-10-22-48(41)52-50(43)44)53(38-27-23-36(24-28-38)34-13-5-3-6-14-34)39-29-25-37(26-30-39)35-15-7-4-8-16-35/h3-33,52H,1-2H3. The Morgan fingerprint density at radius 3 is 1.58 bits per heavy atom. The van der Waals surface area contributed by atoms with E-state index in [2.05, 4.69) is 212 Å². The fraction of sp³-hybridized carbons (Fsp3) is 0.0588. The van der Waals surface area contributed by atoms with Crippen molar-refractivity contribution in [3.8, 4) is 44.5 Å². The fourth-order valence-corrected chi connectivity index (χ4v) is 8.57. The van der Waals surface area contributed by atoms with E-state index in [0.29, 0.717) is 0 Å². The average molecular weight is 679 g/mol. The van der Waals surface area contributed by atoms with Gasteiger partial charge in [0.1, 0.15) is 0 Å². The van der Waals surface area contributed by atoms with Crippen LogP contribution >= 0.6 is 0 Å². The number of aromatic amines is 1. The molecule has 2 nitrogen and oxygen atoms in total. The summed E-state index contributed by atoms with van der Waals surface area (Å²) >= 11 is 0. The molecule has 0 atom stereocenters. The molecule has 0 spiro atoms. The van der Waals surface area contributed by atoms with Crippen molar-refractivity contribution in [1.82, 2.24) is 4.98 Å². The maximum absolute atomic E-state index is 3.78. The summed E-state index contributed by atoms with van der Waals surface area (Å²) in [4.78, 5) is 6.18. The van der Waals surface area contributed by atoms with Gasteiger partial charge in [0.05, 0.1) is 5.52 Å². The molecule has 0 radical (unpaired) electrons. The highest BCUT2D eigenvalue weighted by Gasteiger charge is 2.37.